The summed E-state index contributed by atoms with van der Waals surface area (Å²) in [6.45, 7) is 3.92. The number of imide groups is 1. The van der Waals surface area contributed by atoms with Crippen LogP contribution in [-0.4, -0.2) is 34.5 Å². The predicted molar refractivity (Wildman–Crippen MR) is 83.0 cm³/mol. The highest BCUT2D eigenvalue weighted by Gasteiger charge is 2.56. The van der Waals surface area contributed by atoms with E-state index in [9.17, 15) is 14.7 Å². The topological polar surface area (TPSA) is 66.8 Å². The van der Waals surface area contributed by atoms with Crippen LogP contribution in [0.4, 0.5) is 0 Å². The van der Waals surface area contributed by atoms with Gasteiger partial charge in [0.2, 0.25) is 11.8 Å². The lowest BCUT2D eigenvalue weighted by molar-refractivity contribution is -0.138. The Bertz CT molecular complexity index is 764. The van der Waals surface area contributed by atoms with Gasteiger partial charge in [0.15, 0.2) is 0 Å². The zero-order valence-corrected chi connectivity index (χ0v) is 13.4. The number of aromatic hydroxyl groups is 1. The number of carbonyl (C=O) groups is 2. The molecule has 0 saturated carbocycles. The molecule has 1 aliphatic carbocycles. The second-order valence-corrected chi connectivity index (χ2v) is 7.08. The number of hydrogen-bond acceptors (Lipinski definition) is 4. The summed E-state index contributed by atoms with van der Waals surface area (Å²) in [6, 6.07) is 4.99. The summed E-state index contributed by atoms with van der Waals surface area (Å²) >= 11 is 0. The van der Waals surface area contributed by atoms with Crippen molar-refractivity contribution in [2.45, 2.75) is 31.8 Å². The number of benzene rings is 1. The Labute approximate surface area is 134 Å². The second kappa shape index (κ2) is 4.37. The molecule has 0 bridgehead atoms. The maximum atomic E-state index is 12.7. The van der Waals surface area contributed by atoms with Crippen molar-refractivity contribution >= 4 is 11.8 Å². The molecule has 5 nitrogen and oxygen atoms in total. The van der Waals surface area contributed by atoms with Crippen LogP contribution in [0.2, 0.25) is 0 Å². The first-order valence-corrected chi connectivity index (χ1v) is 7.85. The van der Waals surface area contributed by atoms with Gasteiger partial charge in [0.05, 0.1) is 11.8 Å². The number of fused-ring (bicyclic) bond motifs is 5. The number of phenolic OH excluding ortho intramolecular Hbond substituents is 1. The molecule has 4 rings (SSSR count). The summed E-state index contributed by atoms with van der Waals surface area (Å²) in [5, 5.41) is 9.75. The molecule has 1 fully saturated rings. The SMILES string of the molecule is CN1C(=O)[C@H]2[C@@H]3C(=CC[C@H]2C1=O)C(C)(C)Oc1cc(O)ccc13. The molecule has 0 aromatic heterocycles. The minimum absolute atomic E-state index is 0.0973. The van der Waals surface area contributed by atoms with Gasteiger partial charge in [0.1, 0.15) is 17.1 Å². The molecular weight excluding hydrogens is 294 g/mol. The van der Waals surface area contributed by atoms with Gasteiger partial charge in [-0.3, -0.25) is 14.5 Å². The van der Waals surface area contributed by atoms with E-state index in [1.54, 1.807) is 25.2 Å². The number of ether oxygens (including phenoxy) is 1. The van der Waals surface area contributed by atoms with Crippen molar-refractivity contribution < 1.29 is 19.4 Å². The maximum absolute atomic E-state index is 12.7. The van der Waals surface area contributed by atoms with Crippen LogP contribution in [0.25, 0.3) is 0 Å². The van der Waals surface area contributed by atoms with Crippen molar-refractivity contribution in [2.75, 3.05) is 7.05 Å². The lowest BCUT2D eigenvalue weighted by Gasteiger charge is -2.45. The number of hydrogen-bond donors (Lipinski definition) is 1. The fourth-order valence-electron chi connectivity index (χ4n) is 4.29. The van der Waals surface area contributed by atoms with Crippen molar-refractivity contribution in [3.63, 3.8) is 0 Å². The highest BCUT2D eigenvalue weighted by molar-refractivity contribution is 6.06. The smallest absolute Gasteiger partial charge is 0.233 e. The molecule has 2 heterocycles. The molecule has 1 saturated heterocycles. The Morgan fingerprint density at radius 2 is 2.00 bits per heavy atom. The van der Waals surface area contributed by atoms with Gasteiger partial charge in [0, 0.05) is 24.6 Å². The van der Waals surface area contributed by atoms with Crippen LogP contribution in [0, 0.1) is 11.8 Å². The van der Waals surface area contributed by atoms with Gasteiger partial charge in [-0.15, -0.1) is 0 Å². The number of amides is 2. The molecule has 120 valence electrons. The lowest BCUT2D eigenvalue weighted by atomic mass is 9.65. The van der Waals surface area contributed by atoms with Crippen LogP contribution >= 0.6 is 0 Å². The number of allylic oxidation sites excluding steroid dienone is 1. The third kappa shape index (κ3) is 1.79. The van der Waals surface area contributed by atoms with Gasteiger partial charge in [-0.1, -0.05) is 12.1 Å². The molecule has 0 spiro atoms. The summed E-state index contributed by atoms with van der Waals surface area (Å²) in [6.07, 6.45) is 2.64. The van der Waals surface area contributed by atoms with E-state index >= 15 is 0 Å². The summed E-state index contributed by atoms with van der Waals surface area (Å²) in [5.41, 5.74) is 1.36. The molecular formula is C18H19NO4. The Morgan fingerprint density at radius 1 is 1.26 bits per heavy atom. The maximum Gasteiger partial charge on any atom is 0.233 e. The van der Waals surface area contributed by atoms with E-state index in [0.717, 1.165) is 11.1 Å². The van der Waals surface area contributed by atoms with E-state index in [1.807, 2.05) is 13.8 Å². The third-order valence-corrected chi connectivity index (χ3v) is 5.38. The van der Waals surface area contributed by atoms with Crippen LogP contribution in [0.3, 0.4) is 0 Å². The van der Waals surface area contributed by atoms with Crippen LogP contribution in [0.5, 0.6) is 11.5 Å². The third-order valence-electron chi connectivity index (χ3n) is 5.38. The number of likely N-dealkylation sites (tertiary alicyclic amines) is 1. The van der Waals surface area contributed by atoms with Crippen molar-refractivity contribution in [1.29, 1.82) is 0 Å². The molecule has 5 heteroatoms. The van der Waals surface area contributed by atoms with E-state index in [2.05, 4.69) is 6.08 Å². The molecule has 0 radical (unpaired) electrons. The Kier molecular flexibility index (Phi) is 2.72. The van der Waals surface area contributed by atoms with Gasteiger partial charge < -0.3 is 9.84 Å². The summed E-state index contributed by atoms with van der Waals surface area (Å²) in [7, 11) is 1.56. The fourth-order valence-corrected chi connectivity index (χ4v) is 4.29. The van der Waals surface area contributed by atoms with E-state index in [4.69, 9.17) is 4.74 Å². The number of phenols is 1. The van der Waals surface area contributed by atoms with E-state index in [1.165, 1.54) is 4.90 Å². The summed E-state index contributed by atoms with van der Waals surface area (Å²) in [5.74, 6) is -0.338. The molecule has 0 unspecified atom stereocenters. The van der Waals surface area contributed by atoms with Crippen LogP contribution in [-0.2, 0) is 9.59 Å². The predicted octanol–water partition coefficient (Wildman–Crippen LogP) is 2.21. The standard InChI is InChI=1S/C18H19NO4/c1-18(2)12-7-6-11-15(17(22)19(3)16(11)21)14(12)10-5-4-9(20)8-13(10)23-18/h4-5,7-8,11,14-15,20H,6H2,1-3H3/t11-,14+,15-/m1/s1. The van der Waals surface area contributed by atoms with Gasteiger partial charge in [-0.2, -0.15) is 0 Å². The minimum Gasteiger partial charge on any atom is -0.508 e. The number of nitrogens with zero attached hydrogens (tertiary/aromatic N) is 1. The highest BCUT2D eigenvalue weighted by Crippen LogP contribution is 2.55. The first-order chi connectivity index (χ1) is 10.8. The van der Waals surface area contributed by atoms with Crippen LogP contribution < -0.4 is 4.74 Å². The van der Waals surface area contributed by atoms with Crippen molar-refractivity contribution in [3.05, 3.63) is 35.4 Å². The second-order valence-electron chi connectivity index (χ2n) is 7.08. The summed E-state index contributed by atoms with van der Waals surface area (Å²) < 4.78 is 6.07. The van der Waals surface area contributed by atoms with E-state index in [0.29, 0.717) is 12.2 Å². The van der Waals surface area contributed by atoms with Gasteiger partial charge >= 0.3 is 0 Å². The van der Waals surface area contributed by atoms with Crippen molar-refractivity contribution in [1.82, 2.24) is 4.90 Å². The molecule has 2 aliphatic heterocycles. The molecule has 1 aromatic carbocycles. The quantitative estimate of drug-likeness (QED) is 0.589. The van der Waals surface area contributed by atoms with Crippen LogP contribution in [0.15, 0.2) is 29.8 Å². The average Bonchev–Trinajstić information content (AvgIpc) is 2.71. The highest BCUT2D eigenvalue weighted by atomic mass is 16.5. The molecule has 23 heavy (non-hydrogen) atoms. The molecule has 3 aliphatic rings. The molecule has 3 atom stereocenters. The Hall–Kier alpha value is -2.30. The first-order valence-electron chi connectivity index (χ1n) is 7.85. The van der Waals surface area contributed by atoms with E-state index in [-0.39, 0.29) is 35.3 Å². The molecule has 2 amide bonds. The monoisotopic (exact) mass is 313 g/mol. The Balaban J connectivity index is 1.93. The van der Waals surface area contributed by atoms with E-state index < -0.39 is 5.60 Å². The molecule has 1 aromatic rings. The zero-order valence-electron chi connectivity index (χ0n) is 13.4. The van der Waals surface area contributed by atoms with Gasteiger partial charge in [-0.25, -0.2) is 0 Å². The zero-order chi connectivity index (χ0) is 16.5. The van der Waals surface area contributed by atoms with Gasteiger partial charge in [0.25, 0.3) is 0 Å². The van der Waals surface area contributed by atoms with Crippen LogP contribution in [0.1, 0.15) is 31.7 Å². The average molecular weight is 313 g/mol. The van der Waals surface area contributed by atoms with Gasteiger partial charge in [-0.05, 0) is 31.9 Å². The lowest BCUT2D eigenvalue weighted by Crippen LogP contribution is -2.44. The van der Waals surface area contributed by atoms with Crippen molar-refractivity contribution in [2.24, 2.45) is 11.8 Å². The fraction of sp³-hybridized carbons (Fsp3) is 0.444. The number of rotatable bonds is 0. The first kappa shape index (κ1) is 14.3. The Morgan fingerprint density at radius 3 is 2.74 bits per heavy atom. The normalized spacial score (nSPS) is 31.0. The largest absolute Gasteiger partial charge is 0.508 e. The molecule has 1 N–H and O–H groups in total. The summed E-state index contributed by atoms with van der Waals surface area (Å²) in [4.78, 5) is 26.3. The minimum atomic E-state index is -0.569. The number of carbonyl (C=O) groups excluding carboxylic acids is 2. The van der Waals surface area contributed by atoms with Crippen molar-refractivity contribution in [3.8, 4) is 11.5 Å².